The van der Waals surface area contributed by atoms with Crippen LogP contribution < -0.4 is 21.2 Å². The van der Waals surface area contributed by atoms with Crippen molar-refractivity contribution in [2.75, 3.05) is 26.2 Å². The molecule has 8 heteroatoms. The number of carbonyl (C=O) groups is 1. The molecule has 2 aromatic carbocycles. The van der Waals surface area contributed by atoms with E-state index in [1.54, 1.807) is 12.4 Å². The Morgan fingerprint density at radius 1 is 1.03 bits per heavy atom. The molecule has 0 unspecified atom stereocenters. The molecule has 1 heterocycles. The maximum absolute atomic E-state index is 11.9. The molecule has 0 aliphatic rings. The highest BCUT2D eigenvalue weighted by Crippen LogP contribution is 2.29. The summed E-state index contributed by atoms with van der Waals surface area (Å²) in [5.74, 6) is 6.79. The minimum Gasteiger partial charge on any atom is -0.492 e. The summed E-state index contributed by atoms with van der Waals surface area (Å²) in [5, 5.41) is 14.9. The van der Waals surface area contributed by atoms with E-state index in [-0.39, 0.29) is 19.1 Å². The number of amides is 2. The minimum absolute atomic E-state index is 0.115. The largest absolute Gasteiger partial charge is 0.492 e. The zero-order valence-corrected chi connectivity index (χ0v) is 17.8. The molecule has 0 spiro atoms. The van der Waals surface area contributed by atoms with Crippen molar-refractivity contribution >= 4 is 11.7 Å². The number of hydrogen-bond acceptors (Lipinski definition) is 6. The fourth-order valence-corrected chi connectivity index (χ4v) is 3.04. The number of ether oxygens (including phenoxy) is 1. The first-order chi connectivity index (χ1) is 15.6. The summed E-state index contributed by atoms with van der Waals surface area (Å²) >= 11 is 0. The van der Waals surface area contributed by atoms with E-state index in [1.807, 2.05) is 66.7 Å². The molecule has 0 saturated carbocycles. The highest BCUT2D eigenvalue weighted by atomic mass is 16.5. The first kappa shape index (κ1) is 22.9. The van der Waals surface area contributed by atoms with E-state index in [9.17, 15) is 4.79 Å². The lowest BCUT2D eigenvalue weighted by atomic mass is 10.1. The molecule has 1 aromatic heterocycles. The molecular formula is C24H28N6O2. The lowest BCUT2D eigenvalue weighted by Gasteiger charge is -2.18. The minimum atomic E-state index is -0.344. The van der Waals surface area contributed by atoms with Crippen molar-refractivity contribution in [3.05, 3.63) is 84.7 Å². The average Bonchev–Trinajstić information content (AvgIpc) is 2.83. The number of urea groups is 1. The molecule has 2 amide bonds. The fraction of sp³-hybridized carbons (Fsp3) is 0.208. The van der Waals surface area contributed by atoms with Gasteiger partial charge < -0.3 is 20.8 Å². The molecular weight excluding hydrogens is 404 g/mol. The first-order valence-corrected chi connectivity index (χ1v) is 10.4. The van der Waals surface area contributed by atoms with Crippen LogP contribution in [0, 0.1) is 5.41 Å². The number of pyridine rings is 1. The smallest absolute Gasteiger partial charge is 0.315 e. The molecule has 3 aromatic rings. The predicted octanol–water partition coefficient (Wildman–Crippen LogP) is 2.82. The monoisotopic (exact) mass is 432 g/mol. The Kier molecular flexibility index (Phi) is 8.73. The van der Waals surface area contributed by atoms with Crippen LogP contribution in [0.3, 0.4) is 0 Å². The summed E-state index contributed by atoms with van der Waals surface area (Å²) in [7, 11) is 0. The first-order valence-electron chi connectivity index (χ1n) is 10.4. The maximum Gasteiger partial charge on any atom is 0.315 e. The zero-order chi connectivity index (χ0) is 22.6. The van der Waals surface area contributed by atoms with Crippen LogP contribution in [0.15, 0.2) is 79.1 Å². The van der Waals surface area contributed by atoms with Crippen LogP contribution in [0.1, 0.15) is 5.56 Å². The summed E-state index contributed by atoms with van der Waals surface area (Å²) in [6, 6.07) is 21.2. The highest BCUT2D eigenvalue weighted by molar-refractivity contribution is 5.88. The average molecular weight is 433 g/mol. The summed E-state index contributed by atoms with van der Waals surface area (Å²) in [4.78, 5) is 15.9. The van der Waals surface area contributed by atoms with Gasteiger partial charge in [0, 0.05) is 36.8 Å². The number of benzene rings is 2. The van der Waals surface area contributed by atoms with Gasteiger partial charge in [-0.15, -0.1) is 0 Å². The number of carbonyl (C=O) groups excluding carboxylic acids is 1. The van der Waals surface area contributed by atoms with E-state index in [0.29, 0.717) is 25.4 Å². The van der Waals surface area contributed by atoms with Crippen molar-refractivity contribution < 1.29 is 9.53 Å². The van der Waals surface area contributed by atoms with E-state index < -0.39 is 0 Å². The molecule has 3 rings (SSSR count). The van der Waals surface area contributed by atoms with E-state index in [2.05, 4.69) is 15.6 Å². The van der Waals surface area contributed by atoms with E-state index >= 15 is 0 Å². The van der Waals surface area contributed by atoms with E-state index in [0.717, 1.165) is 22.4 Å². The molecule has 0 aliphatic carbocycles. The third kappa shape index (κ3) is 7.50. The van der Waals surface area contributed by atoms with Gasteiger partial charge in [-0.05, 0) is 23.3 Å². The van der Waals surface area contributed by atoms with Crippen molar-refractivity contribution in [1.82, 2.24) is 20.6 Å². The van der Waals surface area contributed by atoms with Crippen LogP contribution in [-0.4, -0.2) is 48.0 Å². The quantitative estimate of drug-likeness (QED) is 0.211. The SMILES string of the molecule is N=C(CNC(=O)NCc1cccnc1)CN(N)CCOc1ccccc1-c1ccccc1. The topological polar surface area (TPSA) is 116 Å². The summed E-state index contributed by atoms with van der Waals surface area (Å²) in [6.07, 6.45) is 3.37. The van der Waals surface area contributed by atoms with Crippen LogP contribution in [0.2, 0.25) is 0 Å². The third-order valence-electron chi connectivity index (χ3n) is 4.64. The number of hydrazine groups is 1. The van der Waals surface area contributed by atoms with Crippen molar-refractivity contribution in [3.63, 3.8) is 0 Å². The number of hydrogen-bond donors (Lipinski definition) is 4. The van der Waals surface area contributed by atoms with Gasteiger partial charge in [-0.3, -0.25) is 10.8 Å². The molecule has 0 bridgehead atoms. The highest BCUT2D eigenvalue weighted by Gasteiger charge is 2.09. The standard InChI is InChI=1S/C24H28N6O2/c25-21(17-29-24(31)28-16-19-7-6-12-27-15-19)18-30(26)13-14-32-23-11-5-4-10-22(23)20-8-2-1-3-9-20/h1-12,15,25H,13-14,16-18,26H2,(H2,28,29,31). The fourth-order valence-electron chi connectivity index (χ4n) is 3.04. The Balaban J connectivity index is 1.36. The van der Waals surface area contributed by atoms with Gasteiger partial charge >= 0.3 is 6.03 Å². The molecule has 5 N–H and O–H groups in total. The van der Waals surface area contributed by atoms with Gasteiger partial charge in [-0.25, -0.2) is 9.80 Å². The Morgan fingerprint density at radius 2 is 1.81 bits per heavy atom. The van der Waals surface area contributed by atoms with Gasteiger partial charge in [0.25, 0.3) is 0 Å². The number of aromatic nitrogens is 1. The lowest BCUT2D eigenvalue weighted by Crippen LogP contribution is -2.44. The van der Waals surface area contributed by atoms with Gasteiger partial charge in [0.2, 0.25) is 0 Å². The second kappa shape index (κ2) is 12.2. The molecule has 0 atom stereocenters. The van der Waals surface area contributed by atoms with Crippen molar-refractivity contribution in [3.8, 4) is 16.9 Å². The number of nitrogens with zero attached hydrogens (tertiary/aromatic N) is 2. The van der Waals surface area contributed by atoms with Crippen molar-refractivity contribution in [1.29, 1.82) is 5.41 Å². The maximum atomic E-state index is 11.9. The third-order valence-corrected chi connectivity index (χ3v) is 4.64. The second-order valence-electron chi connectivity index (χ2n) is 7.18. The number of rotatable bonds is 11. The molecule has 0 fully saturated rings. The van der Waals surface area contributed by atoms with Crippen molar-refractivity contribution in [2.24, 2.45) is 5.84 Å². The van der Waals surface area contributed by atoms with Gasteiger partial charge in [0.05, 0.1) is 13.1 Å². The molecule has 32 heavy (non-hydrogen) atoms. The van der Waals surface area contributed by atoms with E-state index in [1.165, 1.54) is 5.01 Å². The summed E-state index contributed by atoms with van der Waals surface area (Å²) < 4.78 is 5.94. The van der Waals surface area contributed by atoms with Crippen LogP contribution in [0.4, 0.5) is 4.79 Å². The number of nitrogens with two attached hydrogens (primary N) is 1. The zero-order valence-electron chi connectivity index (χ0n) is 17.8. The normalized spacial score (nSPS) is 10.6. The van der Waals surface area contributed by atoms with Gasteiger partial charge in [0.1, 0.15) is 12.4 Å². The second-order valence-corrected chi connectivity index (χ2v) is 7.18. The molecule has 0 radical (unpaired) electrons. The number of nitrogens with one attached hydrogen (secondary N) is 3. The molecule has 0 saturated heterocycles. The molecule has 0 aliphatic heterocycles. The molecule has 8 nitrogen and oxygen atoms in total. The van der Waals surface area contributed by atoms with Crippen molar-refractivity contribution in [2.45, 2.75) is 6.54 Å². The van der Waals surface area contributed by atoms with Gasteiger partial charge in [-0.1, -0.05) is 54.6 Å². The summed E-state index contributed by atoms with van der Waals surface area (Å²) in [6.45, 7) is 1.54. The Bertz CT molecular complexity index is 998. The van der Waals surface area contributed by atoms with Crippen LogP contribution in [0.5, 0.6) is 5.75 Å². The van der Waals surface area contributed by atoms with Gasteiger partial charge in [-0.2, -0.15) is 0 Å². The predicted molar refractivity (Wildman–Crippen MR) is 125 cm³/mol. The van der Waals surface area contributed by atoms with Crippen LogP contribution in [-0.2, 0) is 6.54 Å². The molecule has 166 valence electrons. The van der Waals surface area contributed by atoms with Crippen LogP contribution in [0.25, 0.3) is 11.1 Å². The Morgan fingerprint density at radius 3 is 2.59 bits per heavy atom. The Labute approximate surface area is 187 Å². The van der Waals surface area contributed by atoms with E-state index in [4.69, 9.17) is 16.0 Å². The number of para-hydroxylation sites is 1. The Hall–Kier alpha value is -3.75. The van der Waals surface area contributed by atoms with Crippen LogP contribution >= 0.6 is 0 Å². The van der Waals surface area contributed by atoms with Gasteiger partial charge in [0.15, 0.2) is 0 Å². The lowest BCUT2D eigenvalue weighted by molar-refractivity contribution is 0.230. The summed E-state index contributed by atoms with van der Waals surface area (Å²) in [5.41, 5.74) is 3.31.